The van der Waals surface area contributed by atoms with Crippen LogP contribution in [0, 0.1) is 0 Å². The second-order valence-corrected chi connectivity index (χ2v) is 2.07. The third-order valence-electron chi connectivity index (χ3n) is 1.03. The number of rotatable bonds is 4. The van der Waals surface area contributed by atoms with Crippen LogP contribution in [0.5, 0.6) is 0 Å². The molecule has 1 amide bonds. The summed E-state index contributed by atoms with van der Waals surface area (Å²) in [5.74, 6) is -1.20. The molecule has 0 saturated heterocycles. The van der Waals surface area contributed by atoms with Crippen molar-refractivity contribution >= 4 is 12.1 Å². The first kappa shape index (κ1) is 10.7. The highest BCUT2D eigenvalue weighted by Crippen LogP contribution is 1.83. The highest BCUT2D eigenvalue weighted by atomic mass is 16.5. The number of aliphatic carboxylic acids is 1. The summed E-state index contributed by atoms with van der Waals surface area (Å²) in [5, 5.41) is 10.6. The summed E-state index contributed by atoms with van der Waals surface area (Å²) in [6.45, 7) is 1.83. The minimum absolute atomic E-state index is 0.318. The van der Waals surface area contributed by atoms with Crippen LogP contribution < -0.4 is 11.1 Å². The number of carbonyl (C=O) groups excluding carboxylic acids is 1. The fourth-order valence-corrected chi connectivity index (χ4v) is 0.432. The normalized spacial score (nSPS) is 11.8. The van der Waals surface area contributed by atoms with Gasteiger partial charge >= 0.3 is 12.1 Å². The Kier molecular flexibility index (Phi) is 4.78. The van der Waals surface area contributed by atoms with Crippen LogP contribution in [0.4, 0.5) is 4.79 Å². The highest BCUT2D eigenvalue weighted by molar-refractivity contribution is 5.74. The molecule has 0 aromatic rings. The average Bonchev–Trinajstić information content (AvgIpc) is 2.00. The lowest BCUT2D eigenvalue weighted by molar-refractivity contribution is -0.139. The van der Waals surface area contributed by atoms with Gasteiger partial charge in [-0.2, -0.15) is 0 Å². The van der Waals surface area contributed by atoms with E-state index in [2.05, 4.69) is 10.1 Å². The predicted octanol–water partition coefficient (Wildman–Crippen LogP) is -0.856. The van der Waals surface area contributed by atoms with Crippen molar-refractivity contribution in [1.29, 1.82) is 0 Å². The number of nitrogens with two attached hydrogens (primary N) is 1. The topological polar surface area (TPSA) is 102 Å². The lowest BCUT2D eigenvalue weighted by atomic mass is 10.3. The van der Waals surface area contributed by atoms with Gasteiger partial charge in [0.2, 0.25) is 0 Å². The highest BCUT2D eigenvalue weighted by Gasteiger charge is 2.13. The second kappa shape index (κ2) is 5.36. The molecule has 0 saturated carbocycles. The van der Waals surface area contributed by atoms with Crippen LogP contribution in [0.15, 0.2) is 0 Å². The van der Waals surface area contributed by atoms with E-state index in [-0.39, 0.29) is 6.61 Å². The molecule has 0 fully saturated rings. The minimum Gasteiger partial charge on any atom is -0.480 e. The molecule has 70 valence electrons. The maximum Gasteiger partial charge on any atom is 0.407 e. The van der Waals surface area contributed by atoms with E-state index < -0.39 is 18.1 Å². The number of nitrogens with one attached hydrogen (secondary N) is 1. The molecule has 4 N–H and O–H groups in total. The quantitative estimate of drug-likeness (QED) is 0.517. The van der Waals surface area contributed by atoms with Gasteiger partial charge in [-0.3, -0.25) is 4.79 Å². The second-order valence-electron chi connectivity index (χ2n) is 2.07. The van der Waals surface area contributed by atoms with Crippen molar-refractivity contribution < 1.29 is 19.4 Å². The zero-order valence-electron chi connectivity index (χ0n) is 6.74. The van der Waals surface area contributed by atoms with Gasteiger partial charge in [-0.15, -0.1) is 0 Å². The Morgan fingerprint density at radius 3 is 2.67 bits per heavy atom. The van der Waals surface area contributed by atoms with E-state index in [0.717, 1.165) is 0 Å². The summed E-state index contributed by atoms with van der Waals surface area (Å²) in [5.41, 5.74) is 5.06. The predicted molar refractivity (Wildman–Crippen MR) is 40.6 cm³/mol. The third-order valence-corrected chi connectivity index (χ3v) is 1.03. The summed E-state index contributed by atoms with van der Waals surface area (Å²) in [6.07, 6.45) is -0.658. The Morgan fingerprint density at radius 2 is 2.25 bits per heavy atom. The average molecular weight is 176 g/mol. The van der Waals surface area contributed by atoms with Gasteiger partial charge in [0.15, 0.2) is 0 Å². The largest absolute Gasteiger partial charge is 0.480 e. The van der Waals surface area contributed by atoms with Crippen LogP contribution in [0.1, 0.15) is 6.92 Å². The zero-order valence-corrected chi connectivity index (χ0v) is 6.74. The van der Waals surface area contributed by atoms with Gasteiger partial charge in [-0.25, -0.2) is 4.79 Å². The Hall–Kier alpha value is -1.30. The Balaban J connectivity index is 3.54. The number of carbonyl (C=O) groups is 2. The van der Waals surface area contributed by atoms with E-state index in [9.17, 15) is 9.59 Å². The first-order valence-corrected chi connectivity index (χ1v) is 3.47. The lowest BCUT2D eigenvalue weighted by Crippen LogP contribution is -2.37. The van der Waals surface area contributed by atoms with Gasteiger partial charge < -0.3 is 20.9 Å². The molecule has 0 heterocycles. The van der Waals surface area contributed by atoms with E-state index >= 15 is 0 Å². The summed E-state index contributed by atoms with van der Waals surface area (Å²) < 4.78 is 4.45. The number of carboxylic acid groups (broad SMARTS) is 1. The summed E-state index contributed by atoms with van der Waals surface area (Å²) in [4.78, 5) is 20.7. The molecule has 0 unspecified atom stereocenters. The molecule has 0 aliphatic rings. The minimum atomic E-state index is -1.20. The third kappa shape index (κ3) is 4.51. The smallest absolute Gasteiger partial charge is 0.407 e. The summed E-state index contributed by atoms with van der Waals surface area (Å²) >= 11 is 0. The SMILES string of the molecule is CCNC(=O)OC[C@H](N)C(=O)O. The van der Waals surface area contributed by atoms with Gasteiger partial charge in [-0.05, 0) is 6.92 Å². The Labute approximate surface area is 69.7 Å². The molecule has 1 atom stereocenters. The van der Waals surface area contributed by atoms with Crippen LogP contribution in [-0.4, -0.2) is 36.4 Å². The molecular formula is C6H12N2O4. The Bertz CT molecular complexity index is 171. The van der Waals surface area contributed by atoms with Crippen molar-refractivity contribution in [2.24, 2.45) is 5.73 Å². The van der Waals surface area contributed by atoms with E-state index in [0.29, 0.717) is 6.54 Å². The van der Waals surface area contributed by atoms with Crippen molar-refractivity contribution in [1.82, 2.24) is 5.32 Å². The van der Waals surface area contributed by atoms with Crippen LogP contribution in [0.2, 0.25) is 0 Å². The standard InChI is InChI=1S/C6H12N2O4/c1-2-8-6(11)12-3-4(7)5(9)10/h4H,2-3,7H2,1H3,(H,8,11)(H,9,10)/t4-/m0/s1. The van der Waals surface area contributed by atoms with E-state index in [1.807, 2.05) is 0 Å². The van der Waals surface area contributed by atoms with Crippen molar-refractivity contribution in [3.63, 3.8) is 0 Å². The molecule has 6 nitrogen and oxygen atoms in total. The molecule has 0 aliphatic heterocycles. The number of carboxylic acids is 1. The number of alkyl carbamates (subject to hydrolysis) is 1. The van der Waals surface area contributed by atoms with Crippen LogP contribution in [0.3, 0.4) is 0 Å². The van der Waals surface area contributed by atoms with Crippen LogP contribution >= 0.6 is 0 Å². The van der Waals surface area contributed by atoms with E-state index in [1.165, 1.54) is 0 Å². The fourth-order valence-electron chi connectivity index (χ4n) is 0.432. The maximum absolute atomic E-state index is 10.6. The van der Waals surface area contributed by atoms with Crippen LogP contribution in [-0.2, 0) is 9.53 Å². The van der Waals surface area contributed by atoms with Gasteiger partial charge in [-0.1, -0.05) is 0 Å². The first-order chi connectivity index (χ1) is 5.57. The molecule has 0 aliphatic carbocycles. The zero-order chi connectivity index (χ0) is 9.56. The van der Waals surface area contributed by atoms with Crippen molar-refractivity contribution in [3.05, 3.63) is 0 Å². The van der Waals surface area contributed by atoms with Crippen molar-refractivity contribution in [3.8, 4) is 0 Å². The monoisotopic (exact) mass is 176 g/mol. The maximum atomic E-state index is 10.6. The molecular weight excluding hydrogens is 164 g/mol. The number of ether oxygens (including phenoxy) is 1. The molecule has 0 radical (unpaired) electrons. The molecule has 0 spiro atoms. The first-order valence-electron chi connectivity index (χ1n) is 3.47. The van der Waals surface area contributed by atoms with Crippen LogP contribution in [0.25, 0.3) is 0 Å². The summed E-state index contributed by atoms with van der Waals surface area (Å²) in [7, 11) is 0. The van der Waals surface area contributed by atoms with Gasteiger partial charge in [0.1, 0.15) is 12.6 Å². The molecule has 0 aromatic carbocycles. The number of amides is 1. The molecule has 6 heteroatoms. The Morgan fingerprint density at radius 1 is 1.67 bits per heavy atom. The van der Waals surface area contributed by atoms with Crippen molar-refractivity contribution in [2.45, 2.75) is 13.0 Å². The van der Waals surface area contributed by atoms with Gasteiger partial charge in [0.05, 0.1) is 0 Å². The van der Waals surface area contributed by atoms with Crippen molar-refractivity contribution in [2.75, 3.05) is 13.2 Å². The van der Waals surface area contributed by atoms with Gasteiger partial charge in [0.25, 0.3) is 0 Å². The van der Waals surface area contributed by atoms with E-state index in [4.69, 9.17) is 10.8 Å². The van der Waals surface area contributed by atoms with E-state index in [1.54, 1.807) is 6.92 Å². The number of hydrogen-bond acceptors (Lipinski definition) is 4. The molecule has 12 heavy (non-hydrogen) atoms. The lowest BCUT2D eigenvalue weighted by Gasteiger charge is -2.07. The molecule has 0 bridgehead atoms. The fraction of sp³-hybridized carbons (Fsp3) is 0.667. The molecule has 0 rings (SSSR count). The summed E-state index contributed by atoms with van der Waals surface area (Å²) in [6, 6.07) is -1.16. The number of hydrogen-bond donors (Lipinski definition) is 3. The van der Waals surface area contributed by atoms with Gasteiger partial charge in [0, 0.05) is 6.54 Å². The molecule has 0 aromatic heterocycles.